The van der Waals surface area contributed by atoms with Crippen molar-refractivity contribution in [2.45, 2.75) is 66.2 Å². The second-order valence-electron chi connectivity index (χ2n) is 6.77. The van der Waals surface area contributed by atoms with Gasteiger partial charge >= 0.3 is 5.97 Å². The van der Waals surface area contributed by atoms with E-state index in [4.69, 9.17) is 4.74 Å². The molecule has 0 heterocycles. The number of rotatable bonds is 9. The predicted molar refractivity (Wildman–Crippen MR) is 92.9 cm³/mol. The molecule has 0 aliphatic rings. The summed E-state index contributed by atoms with van der Waals surface area (Å²) in [5, 5.41) is 0. The Kier molecular flexibility index (Phi) is 7.64. The Morgan fingerprint density at radius 3 is 2.36 bits per heavy atom. The molecule has 2 nitrogen and oxygen atoms in total. The van der Waals surface area contributed by atoms with Crippen molar-refractivity contribution in [3.8, 4) is 0 Å². The van der Waals surface area contributed by atoms with Crippen LogP contribution in [0.1, 0.15) is 71.8 Å². The lowest BCUT2D eigenvalue weighted by molar-refractivity contribution is -0.156. The molecule has 0 saturated heterocycles. The number of hydrogen-bond donors (Lipinski definition) is 0. The van der Waals surface area contributed by atoms with E-state index in [1.807, 2.05) is 13.0 Å². The van der Waals surface area contributed by atoms with E-state index < -0.39 is 0 Å². The van der Waals surface area contributed by atoms with E-state index in [9.17, 15) is 4.79 Å². The van der Waals surface area contributed by atoms with Crippen LogP contribution in [-0.2, 0) is 9.53 Å². The standard InChI is InChI=1S/C20H32O2/c1-6-14-20(5,7-2)19(21)22-15-13-16(3)17(4)18-11-9-8-10-12-18/h8-12,16-17H,6-7,13-15H2,1-5H3. The van der Waals surface area contributed by atoms with Gasteiger partial charge in [-0.15, -0.1) is 0 Å². The zero-order chi connectivity index (χ0) is 16.6. The lowest BCUT2D eigenvalue weighted by atomic mass is 9.83. The summed E-state index contributed by atoms with van der Waals surface area (Å²) in [5.74, 6) is 0.943. The van der Waals surface area contributed by atoms with Gasteiger partial charge in [0.05, 0.1) is 12.0 Å². The summed E-state index contributed by atoms with van der Waals surface area (Å²) >= 11 is 0. The Hall–Kier alpha value is -1.31. The van der Waals surface area contributed by atoms with Crippen molar-refractivity contribution >= 4 is 5.97 Å². The molecule has 0 radical (unpaired) electrons. The van der Waals surface area contributed by atoms with Gasteiger partial charge in [0.15, 0.2) is 0 Å². The number of benzene rings is 1. The van der Waals surface area contributed by atoms with Gasteiger partial charge in [-0.2, -0.15) is 0 Å². The minimum absolute atomic E-state index is 0.0311. The molecule has 3 unspecified atom stereocenters. The Bertz CT molecular complexity index is 440. The molecule has 0 aliphatic heterocycles. The Labute approximate surface area is 136 Å². The lowest BCUT2D eigenvalue weighted by Crippen LogP contribution is -2.29. The quantitative estimate of drug-likeness (QED) is 0.557. The number of hydrogen-bond acceptors (Lipinski definition) is 2. The summed E-state index contributed by atoms with van der Waals surface area (Å²) in [6.07, 6.45) is 3.67. The topological polar surface area (TPSA) is 26.3 Å². The average Bonchev–Trinajstić information content (AvgIpc) is 2.54. The fraction of sp³-hybridized carbons (Fsp3) is 0.650. The van der Waals surface area contributed by atoms with E-state index in [1.54, 1.807) is 0 Å². The molecule has 0 saturated carbocycles. The van der Waals surface area contributed by atoms with Crippen molar-refractivity contribution in [2.24, 2.45) is 11.3 Å². The molecule has 1 aromatic carbocycles. The van der Waals surface area contributed by atoms with E-state index in [0.29, 0.717) is 18.4 Å². The smallest absolute Gasteiger partial charge is 0.311 e. The zero-order valence-corrected chi connectivity index (χ0v) is 14.9. The molecular weight excluding hydrogens is 272 g/mol. The fourth-order valence-corrected chi connectivity index (χ4v) is 2.82. The third-order valence-corrected chi connectivity index (χ3v) is 5.06. The van der Waals surface area contributed by atoms with Crippen LogP contribution in [0.15, 0.2) is 30.3 Å². The number of carbonyl (C=O) groups is 1. The average molecular weight is 304 g/mol. The van der Waals surface area contributed by atoms with Crippen LogP contribution in [0.2, 0.25) is 0 Å². The first-order valence-electron chi connectivity index (χ1n) is 8.66. The molecular formula is C20H32O2. The van der Waals surface area contributed by atoms with Gasteiger partial charge in [-0.25, -0.2) is 0 Å². The van der Waals surface area contributed by atoms with Crippen molar-refractivity contribution in [3.63, 3.8) is 0 Å². The molecule has 3 atom stereocenters. The summed E-state index contributed by atoms with van der Waals surface area (Å²) in [6.45, 7) is 11.2. The highest BCUT2D eigenvalue weighted by Gasteiger charge is 2.31. The number of esters is 1. The first kappa shape index (κ1) is 18.7. The maximum absolute atomic E-state index is 12.3. The van der Waals surface area contributed by atoms with Crippen LogP contribution in [-0.4, -0.2) is 12.6 Å². The first-order valence-corrected chi connectivity index (χ1v) is 8.66. The highest BCUT2D eigenvalue weighted by Crippen LogP contribution is 2.30. The Morgan fingerprint density at radius 2 is 1.82 bits per heavy atom. The third kappa shape index (κ3) is 5.15. The summed E-state index contributed by atoms with van der Waals surface area (Å²) < 4.78 is 5.57. The minimum Gasteiger partial charge on any atom is -0.465 e. The van der Waals surface area contributed by atoms with Crippen LogP contribution in [0.5, 0.6) is 0 Å². The van der Waals surface area contributed by atoms with Crippen molar-refractivity contribution in [2.75, 3.05) is 6.61 Å². The molecule has 0 bridgehead atoms. The maximum Gasteiger partial charge on any atom is 0.311 e. The number of ether oxygens (including phenoxy) is 1. The summed E-state index contributed by atoms with van der Waals surface area (Å²) in [6, 6.07) is 10.5. The van der Waals surface area contributed by atoms with Crippen LogP contribution in [0, 0.1) is 11.3 Å². The number of carbonyl (C=O) groups excluding carboxylic acids is 1. The molecule has 0 fully saturated rings. The Balaban J connectivity index is 2.44. The first-order chi connectivity index (χ1) is 10.4. The second kappa shape index (κ2) is 8.97. The zero-order valence-electron chi connectivity index (χ0n) is 14.9. The summed E-state index contributed by atoms with van der Waals surface area (Å²) in [5.41, 5.74) is 1.04. The van der Waals surface area contributed by atoms with Gasteiger partial charge in [0.1, 0.15) is 0 Å². The molecule has 0 aromatic heterocycles. The predicted octanol–water partition coefficient (Wildman–Crippen LogP) is 5.58. The van der Waals surface area contributed by atoms with Gasteiger partial charge in [-0.05, 0) is 43.6 Å². The van der Waals surface area contributed by atoms with Gasteiger partial charge in [-0.3, -0.25) is 4.79 Å². The highest BCUT2D eigenvalue weighted by molar-refractivity contribution is 5.76. The third-order valence-electron chi connectivity index (χ3n) is 5.06. The highest BCUT2D eigenvalue weighted by atomic mass is 16.5. The minimum atomic E-state index is -0.316. The van der Waals surface area contributed by atoms with Crippen LogP contribution in [0.3, 0.4) is 0 Å². The van der Waals surface area contributed by atoms with E-state index in [0.717, 1.165) is 25.7 Å². The van der Waals surface area contributed by atoms with Gasteiger partial charge in [0, 0.05) is 0 Å². The molecule has 124 valence electrons. The van der Waals surface area contributed by atoms with Crippen molar-refractivity contribution in [1.29, 1.82) is 0 Å². The molecule has 0 N–H and O–H groups in total. The van der Waals surface area contributed by atoms with Gasteiger partial charge < -0.3 is 4.74 Å². The Morgan fingerprint density at radius 1 is 1.18 bits per heavy atom. The molecule has 1 aromatic rings. The SMILES string of the molecule is CCCC(C)(CC)C(=O)OCCC(C)C(C)c1ccccc1. The van der Waals surface area contributed by atoms with Crippen LogP contribution >= 0.6 is 0 Å². The van der Waals surface area contributed by atoms with Crippen molar-refractivity contribution in [1.82, 2.24) is 0 Å². The molecule has 0 spiro atoms. The van der Waals surface area contributed by atoms with Crippen LogP contribution < -0.4 is 0 Å². The van der Waals surface area contributed by atoms with Crippen LogP contribution in [0.4, 0.5) is 0 Å². The van der Waals surface area contributed by atoms with E-state index in [1.165, 1.54) is 5.56 Å². The lowest BCUT2D eigenvalue weighted by Gasteiger charge is -2.26. The summed E-state index contributed by atoms with van der Waals surface area (Å²) in [7, 11) is 0. The van der Waals surface area contributed by atoms with Crippen LogP contribution in [0.25, 0.3) is 0 Å². The van der Waals surface area contributed by atoms with Gasteiger partial charge in [-0.1, -0.05) is 64.4 Å². The van der Waals surface area contributed by atoms with Crippen molar-refractivity contribution < 1.29 is 9.53 Å². The molecule has 22 heavy (non-hydrogen) atoms. The fourth-order valence-electron chi connectivity index (χ4n) is 2.82. The normalized spacial score (nSPS) is 16.6. The van der Waals surface area contributed by atoms with Crippen molar-refractivity contribution in [3.05, 3.63) is 35.9 Å². The maximum atomic E-state index is 12.3. The van der Waals surface area contributed by atoms with Gasteiger partial charge in [0.2, 0.25) is 0 Å². The largest absolute Gasteiger partial charge is 0.465 e. The second-order valence-corrected chi connectivity index (χ2v) is 6.77. The monoisotopic (exact) mass is 304 g/mol. The van der Waals surface area contributed by atoms with E-state index >= 15 is 0 Å². The molecule has 1 rings (SSSR count). The van der Waals surface area contributed by atoms with Gasteiger partial charge in [0.25, 0.3) is 0 Å². The van der Waals surface area contributed by atoms with E-state index in [2.05, 4.69) is 52.0 Å². The molecule has 0 aliphatic carbocycles. The molecule has 0 amide bonds. The molecule has 2 heteroatoms. The summed E-state index contributed by atoms with van der Waals surface area (Å²) in [4.78, 5) is 12.3. The van der Waals surface area contributed by atoms with E-state index in [-0.39, 0.29) is 11.4 Å².